The Bertz CT molecular complexity index is 334. The highest BCUT2D eigenvalue weighted by Gasteiger charge is 2.24. The molecule has 1 aliphatic heterocycles. The van der Waals surface area contributed by atoms with Crippen molar-refractivity contribution in [3.63, 3.8) is 0 Å². The largest absolute Gasteiger partial charge is 0.390 e. The van der Waals surface area contributed by atoms with Crippen LogP contribution in [0.1, 0.15) is 29.5 Å². The van der Waals surface area contributed by atoms with Crippen LogP contribution in [0.4, 0.5) is 0 Å². The molecule has 2 atom stereocenters. The van der Waals surface area contributed by atoms with E-state index in [0.717, 1.165) is 19.4 Å². The van der Waals surface area contributed by atoms with Gasteiger partial charge in [-0.2, -0.15) is 0 Å². The topological polar surface area (TPSA) is 29.5 Å². The Morgan fingerprint density at radius 1 is 1.38 bits per heavy atom. The molecule has 1 heterocycles. The maximum Gasteiger partial charge on any atom is 0.0842 e. The molecule has 0 aliphatic carbocycles. The number of benzene rings is 1. The molecule has 2 rings (SSSR count). The van der Waals surface area contributed by atoms with E-state index in [-0.39, 0.29) is 12.2 Å². The van der Waals surface area contributed by atoms with Crippen LogP contribution in [-0.2, 0) is 11.2 Å². The minimum absolute atomic E-state index is 0.0407. The smallest absolute Gasteiger partial charge is 0.0842 e. The highest BCUT2D eigenvalue weighted by molar-refractivity contribution is 5.34. The molecule has 0 amide bonds. The van der Waals surface area contributed by atoms with E-state index < -0.39 is 0 Å². The van der Waals surface area contributed by atoms with Crippen LogP contribution in [0.2, 0.25) is 0 Å². The number of ether oxygens (including phenoxy) is 1. The lowest BCUT2D eigenvalue weighted by Gasteiger charge is -2.19. The first-order valence-corrected chi connectivity index (χ1v) is 6.03. The number of aryl methyl sites for hydroxylation is 2. The molecule has 1 saturated heterocycles. The van der Waals surface area contributed by atoms with Crippen molar-refractivity contribution >= 4 is 0 Å². The molecule has 2 heteroatoms. The lowest BCUT2D eigenvalue weighted by atomic mass is 9.95. The molecule has 16 heavy (non-hydrogen) atoms. The summed E-state index contributed by atoms with van der Waals surface area (Å²) in [7, 11) is 0. The minimum atomic E-state index is -0.359. The Hall–Kier alpha value is -0.860. The van der Waals surface area contributed by atoms with Crippen LogP contribution < -0.4 is 0 Å². The highest BCUT2D eigenvalue weighted by Crippen LogP contribution is 2.21. The molecule has 1 fully saturated rings. The Morgan fingerprint density at radius 3 is 2.62 bits per heavy atom. The molecule has 0 bridgehead atoms. The summed E-state index contributed by atoms with van der Waals surface area (Å²) in [5.74, 6) is 0. The molecular formula is C14H20O2. The second-order valence-corrected chi connectivity index (χ2v) is 4.69. The standard InChI is InChI=1S/C14H20O2/c1-10-5-3-6-11(2)12(10)9-13(15)14-7-4-8-16-14/h3,5-6,13-15H,4,7-9H2,1-2H3. The first-order valence-electron chi connectivity index (χ1n) is 6.03. The van der Waals surface area contributed by atoms with Crippen molar-refractivity contribution in [2.75, 3.05) is 6.61 Å². The van der Waals surface area contributed by atoms with Crippen molar-refractivity contribution in [1.29, 1.82) is 0 Å². The summed E-state index contributed by atoms with van der Waals surface area (Å²) in [5, 5.41) is 10.1. The monoisotopic (exact) mass is 220 g/mol. The van der Waals surface area contributed by atoms with Crippen molar-refractivity contribution in [1.82, 2.24) is 0 Å². The third kappa shape index (κ3) is 2.45. The quantitative estimate of drug-likeness (QED) is 0.847. The molecular weight excluding hydrogens is 200 g/mol. The maximum atomic E-state index is 10.1. The van der Waals surface area contributed by atoms with Crippen LogP contribution in [0.25, 0.3) is 0 Å². The number of hydrogen-bond donors (Lipinski definition) is 1. The fraction of sp³-hybridized carbons (Fsp3) is 0.571. The van der Waals surface area contributed by atoms with Gasteiger partial charge < -0.3 is 9.84 Å². The number of aliphatic hydroxyl groups excluding tert-OH is 1. The molecule has 2 unspecified atom stereocenters. The predicted octanol–water partition coefficient (Wildman–Crippen LogP) is 2.39. The number of aliphatic hydroxyl groups is 1. The molecule has 88 valence electrons. The summed E-state index contributed by atoms with van der Waals surface area (Å²) in [6.07, 6.45) is 2.46. The molecule has 0 radical (unpaired) electrons. The van der Waals surface area contributed by atoms with E-state index in [1.54, 1.807) is 0 Å². The maximum absolute atomic E-state index is 10.1. The molecule has 0 spiro atoms. The first kappa shape index (κ1) is 11.6. The van der Waals surface area contributed by atoms with Gasteiger partial charge in [-0.05, 0) is 43.4 Å². The number of hydrogen-bond acceptors (Lipinski definition) is 2. The molecule has 1 aliphatic rings. The lowest BCUT2D eigenvalue weighted by Crippen LogP contribution is -2.27. The Balaban J connectivity index is 2.07. The van der Waals surface area contributed by atoms with E-state index >= 15 is 0 Å². The van der Waals surface area contributed by atoms with Gasteiger partial charge in [0.1, 0.15) is 0 Å². The second kappa shape index (κ2) is 4.98. The van der Waals surface area contributed by atoms with Crippen molar-refractivity contribution < 1.29 is 9.84 Å². The van der Waals surface area contributed by atoms with Crippen LogP contribution in [0.3, 0.4) is 0 Å². The van der Waals surface area contributed by atoms with E-state index in [2.05, 4.69) is 32.0 Å². The van der Waals surface area contributed by atoms with Gasteiger partial charge in [0.15, 0.2) is 0 Å². The molecule has 1 N–H and O–H groups in total. The normalized spacial score (nSPS) is 22.3. The molecule has 1 aromatic carbocycles. The first-order chi connectivity index (χ1) is 7.68. The minimum Gasteiger partial charge on any atom is -0.390 e. The van der Waals surface area contributed by atoms with Crippen molar-refractivity contribution in [2.24, 2.45) is 0 Å². The summed E-state index contributed by atoms with van der Waals surface area (Å²) in [6.45, 7) is 5.00. The second-order valence-electron chi connectivity index (χ2n) is 4.69. The lowest BCUT2D eigenvalue weighted by molar-refractivity contribution is -0.000899. The van der Waals surface area contributed by atoms with E-state index in [4.69, 9.17) is 4.74 Å². The average Bonchev–Trinajstić information content (AvgIpc) is 2.76. The van der Waals surface area contributed by atoms with Gasteiger partial charge in [0.25, 0.3) is 0 Å². The van der Waals surface area contributed by atoms with Gasteiger partial charge in [0.2, 0.25) is 0 Å². The average molecular weight is 220 g/mol. The van der Waals surface area contributed by atoms with Gasteiger partial charge in [-0.1, -0.05) is 18.2 Å². The van der Waals surface area contributed by atoms with Crippen LogP contribution in [0.15, 0.2) is 18.2 Å². The zero-order chi connectivity index (χ0) is 11.5. The van der Waals surface area contributed by atoms with Gasteiger partial charge in [-0.15, -0.1) is 0 Å². The van der Waals surface area contributed by atoms with Gasteiger partial charge >= 0.3 is 0 Å². The van der Waals surface area contributed by atoms with Crippen molar-refractivity contribution in [2.45, 2.75) is 45.3 Å². The van der Waals surface area contributed by atoms with Gasteiger partial charge in [-0.3, -0.25) is 0 Å². The van der Waals surface area contributed by atoms with Gasteiger partial charge in [0, 0.05) is 13.0 Å². The zero-order valence-corrected chi connectivity index (χ0v) is 10.1. The molecule has 1 aromatic rings. The van der Waals surface area contributed by atoms with Crippen LogP contribution in [0.5, 0.6) is 0 Å². The molecule has 0 saturated carbocycles. The third-order valence-electron chi connectivity index (χ3n) is 3.45. The van der Waals surface area contributed by atoms with Gasteiger partial charge in [0.05, 0.1) is 12.2 Å². The Kier molecular flexibility index (Phi) is 3.62. The summed E-state index contributed by atoms with van der Waals surface area (Å²) >= 11 is 0. The number of rotatable bonds is 3. The van der Waals surface area contributed by atoms with E-state index in [1.807, 2.05) is 0 Å². The predicted molar refractivity (Wildman–Crippen MR) is 64.6 cm³/mol. The van der Waals surface area contributed by atoms with Crippen LogP contribution >= 0.6 is 0 Å². The summed E-state index contributed by atoms with van der Waals surface area (Å²) < 4.78 is 5.52. The zero-order valence-electron chi connectivity index (χ0n) is 10.1. The summed E-state index contributed by atoms with van der Waals surface area (Å²) in [5.41, 5.74) is 3.79. The van der Waals surface area contributed by atoms with Crippen molar-refractivity contribution in [3.05, 3.63) is 34.9 Å². The Morgan fingerprint density at radius 2 is 2.06 bits per heavy atom. The van der Waals surface area contributed by atoms with E-state index in [0.29, 0.717) is 6.42 Å². The van der Waals surface area contributed by atoms with Crippen LogP contribution in [-0.4, -0.2) is 23.9 Å². The van der Waals surface area contributed by atoms with Gasteiger partial charge in [-0.25, -0.2) is 0 Å². The third-order valence-corrected chi connectivity index (χ3v) is 3.45. The summed E-state index contributed by atoms with van der Waals surface area (Å²) in [6, 6.07) is 6.27. The fourth-order valence-corrected chi connectivity index (χ4v) is 2.42. The highest BCUT2D eigenvalue weighted by atomic mass is 16.5. The molecule has 0 aromatic heterocycles. The van der Waals surface area contributed by atoms with Crippen LogP contribution in [0, 0.1) is 13.8 Å². The van der Waals surface area contributed by atoms with E-state index in [9.17, 15) is 5.11 Å². The van der Waals surface area contributed by atoms with Crippen molar-refractivity contribution in [3.8, 4) is 0 Å². The SMILES string of the molecule is Cc1cccc(C)c1CC(O)C1CCCO1. The molecule has 2 nitrogen and oxygen atoms in total. The summed E-state index contributed by atoms with van der Waals surface area (Å²) in [4.78, 5) is 0. The van der Waals surface area contributed by atoms with E-state index in [1.165, 1.54) is 16.7 Å². The fourth-order valence-electron chi connectivity index (χ4n) is 2.42. The Labute approximate surface area is 97.3 Å².